The predicted molar refractivity (Wildman–Crippen MR) is 145 cm³/mol. The van der Waals surface area contributed by atoms with E-state index < -0.39 is 10.1 Å². The fourth-order valence-corrected chi connectivity index (χ4v) is 5.43. The molecule has 0 aliphatic carbocycles. The minimum Gasteiger partial charge on any atom is -0.744 e. The third-order valence-electron chi connectivity index (χ3n) is 6.99. The van der Waals surface area contributed by atoms with E-state index in [1.54, 1.807) is 12.1 Å². The second kappa shape index (κ2) is 18.8. The molecule has 0 atom stereocenters. The van der Waals surface area contributed by atoms with Gasteiger partial charge in [0.05, 0.1) is 4.90 Å². The van der Waals surface area contributed by atoms with Crippen molar-refractivity contribution in [3.05, 3.63) is 41.5 Å². The largest absolute Gasteiger partial charge is 1.00 e. The van der Waals surface area contributed by atoms with E-state index >= 15 is 0 Å². The van der Waals surface area contributed by atoms with Gasteiger partial charge in [-0.15, -0.1) is 0 Å². The molecule has 0 saturated heterocycles. The number of benzene rings is 2. The van der Waals surface area contributed by atoms with Crippen LogP contribution in [0.15, 0.2) is 35.2 Å². The Kier molecular flexibility index (Phi) is 17.5. The van der Waals surface area contributed by atoms with Gasteiger partial charge in [-0.05, 0) is 59.7 Å². The molecule has 2 rings (SSSR count). The number of hydrogen-bond donors (Lipinski definition) is 0. The van der Waals surface area contributed by atoms with Gasteiger partial charge in [-0.1, -0.05) is 122 Å². The van der Waals surface area contributed by atoms with Crippen molar-refractivity contribution in [1.29, 1.82) is 0 Å². The maximum Gasteiger partial charge on any atom is 1.00 e. The molecule has 0 amide bonds. The summed E-state index contributed by atoms with van der Waals surface area (Å²) in [5.41, 5.74) is 2.32. The van der Waals surface area contributed by atoms with Crippen molar-refractivity contribution in [2.45, 2.75) is 134 Å². The molecule has 0 fully saturated rings. The molecule has 35 heavy (non-hydrogen) atoms. The molecular weight excluding hydrogens is 463 g/mol. The van der Waals surface area contributed by atoms with Crippen molar-refractivity contribution in [2.75, 3.05) is 0 Å². The first-order valence-corrected chi connectivity index (χ1v) is 15.4. The fourth-order valence-electron chi connectivity index (χ4n) is 4.87. The molecule has 2 aromatic rings. The van der Waals surface area contributed by atoms with Crippen LogP contribution in [0.3, 0.4) is 0 Å². The molecule has 192 valence electrons. The van der Waals surface area contributed by atoms with Gasteiger partial charge in [-0.25, -0.2) is 8.42 Å². The summed E-state index contributed by atoms with van der Waals surface area (Å²) in [7, 11) is -4.45. The zero-order valence-electron chi connectivity index (χ0n) is 22.7. The fraction of sp³-hybridized carbons (Fsp3) is 0.667. The molecule has 2 aromatic carbocycles. The van der Waals surface area contributed by atoms with Crippen LogP contribution in [0.25, 0.3) is 10.8 Å². The van der Waals surface area contributed by atoms with Crippen LogP contribution in [-0.2, 0) is 23.0 Å². The Morgan fingerprint density at radius 3 is 1.63 bits per heavy atom. The summed E-state index contributed by atoms with van der Waals surface area (Å²) in [6.45, 7) is 4.49. The Hall–Kier alpha value is -0.390. The predicted octanol–water partition coefficient (Wildman–Crippen LogP) is 6.11. The average Bonchev–Trinajstić information content (AvgIpc) is 2.81. The minimum absolute atomic E-state index is 0. The Balaban J connectivity index is 0.00000612. The van der Waals surface area contributed by atoms with Crippen LogP contribution in [-0.4, -0.2) is 13.0 Å². The maximum absolute atomic E-state index is 11.7. The third-order valence-corrected chi connectivity index (χ3v) is 7.80. The van der Waals surface area contributed by atoms with Crippen LogP contribution >= 0.6 is 0 Å². The van der Waals surface area contributed by atoms with Crippen LogP contribution in [0, 0.1) is 0 Å². The zero-order chi connectivity index (χ0) is 24.7. The van der Waals surface area contributed by atoms with Crippen LogP contribution < -0.4 is 29.6 Å². The SMILES string of the molecule is CCCCCCCCCCc1ccc2cc(S(=O)(=O)[O-])cc(CCCCCCCCCC)c2c1.[Na+]. The molecule has 0 N–H and O–H groups in total. The zero-order valence-corrected chi connectivity index (χ0v) is 25.6. The minimum atomic E-state index is -4.45. The van der Waals surface area contributed by atoms with Gasteiger partial charge < -0.3 is 4.55 Å². The first kappa shape index (κ1) is 32.6. The van der Waals surface area contributed by atoms with Crippen molar-refractivity contribution in [1.82, 2.24) is 0 Å². The molecule has 0 heterocycles. The summed E-state index contributed by atoms with van der Waals surface area (Å²) >= 11 is 0. The van der Waals surface area contributed by atoms with Gasteiger partial charge in [0.15, 0.2) is 0 Å². The Labute approximate surface area is 237 Å². The molecule has 0 bridgehead atoms. The summed E-state index contributed by atoms with van der Waals surface area (Å²) in [6.07, 6.45) is 22.3. The molecule has 0 aliphatic heterocycles. The van der Waals surface area contributed by atoms with E-state index in [-0.39, 0.29) is 34.5 Å². The van der Waals surface area contributed by atoms with E-state index in [1.807, 2.05) is 6.07 Å². The number of unbranched alkanes of at least 4 members (excludes halogenated alkanes) is 14. The van der Waals surface area contributed by atoms with Crippen molar-refractivity contribution >= 4 is 20.9 Å². The van der Waals surface area contributed by atoms with Gasteiger partial charge in [0.1, 0.15) is 10.1 Å². The molecule has 0 aliphatic rings. The van der Waals surface area contributed by atoms with Gasteiger partial charge in [0, 0.05) is 0 Å². The first-order chi connectivity index (χ1) is 16.5. The second-order valence-electron chi connectivity index (χ2n) is 10.0. The Morgan fingerprint density at radius 1 is 0.629 bits per heavy atom. The third kappa shape index (κ3) is 13.1. The topological polar surface area (TPSA) is 57.2 Å². The van der Waals surface area contributed by atoms with Crippen LogP contribution in [0.2, 0.25) is 0 Å². The Bertz CT molecular complexity index is 940. The van der Waals surface area contributed by atoms with Crippen LogP contribution in [0.1, 0.15) is 128 Å². The summed E-state index contributed by atoms with van der Waals surface area (Å²) < 4.78 is 35.2. The van der Waals surface area contributed by atoms with Gasteiger partial charge in [-0.3, -0.25) is 0 Å². The van der Waals surface area contributed by atoms with Crippen molar-refractivity contribution in [3.8, 4) is 0 Å². The van der Waals surface area contributed by atoms with Crippen LogP contribution in [0.4, 0.5) is 0 Å². The Morgan fingerprint density at radius 2 is 1.11 bits per heavy atom. The van der Waals surface area contributed by atoms with E-state index in [0.29, 0.717) is 0 Å². The van der Waals surface area contributed by atoms with Crippen molar-refractivity contribution in [3.63, 3.8) is 0 Å². The molecule has 0 radical (unpaired) electrons. The number of fused-ring (bicyclic) bond motifs is 1. The summed E-state index contributed by atoms with van der Waals surface area (Å²) in [4.78, 5) is -0.0922. The summed E-state index contributed by atoms with van der Waals surface area (Å²) in [5.74, 6) is 0. The molecule has 0 aromatic heterocycles. The smallest absolute Gasteiger partial charge is 0.744 e. The molecule has 0 spiro atoms. The van der Waals surface area contributed by atoms with Gasteiger partial charge in [0.25, 0.3) is 0 Å². The quantitative estimate of drug-likeness (QED) is 0.130. The average molecular weight is 511 g/mol. The van der Waals surface area contributed by atoms with Gasteiger partial charge >= 0.3 is 29.6 Å². The van der Waals surface area contributed by atoms with E-state index in [4.69, 9.17) is 0 Å². The monoisotopic (exact) mass is 510 g/mol. The van der Waals surface area contributed by atoms with Gasteiger partial charge in [-0.2, -0.15) is 0 Å². The number of rotatable bonds is 19. The molecule has 3 nitrogen and oxygen atoms in total. The number of hydrogen-bond acceptors (Lipinski definition) is 3. The second-order valence-corrected chi connectivity index (χ2v) is 11.4. The molecule has 0 unspecified atom stereocenters. The summed E-state index contributed by atoms with van der Waals surface area (Å²) in [5, 5.41) is 1.98. The van der Waals surface area contributed by atoms with Crippen molar-refractivity contribution in [2.24, 2.45) is 0 Å². The normalized spacial score (nSPS) is 11.6. The van der Waals surface area contributed by atoms with E-state index in [9.17, 15) is 13.0 Å². The molecular formula is C30H47NaO3S. The maximum atomic E-state index is 11.7. The first-order valence-electron chi connectivity index (χ1n) is 14.0. The van der Waals surface area contributed by atoms with Crippen LogP contribution in [0.5, 0.6) is 0 Å². The number of aryl methyl sites for hydroxylation is 2. The van der Waals surface area contributed by atoms with Gasteiger partial charge in [0.2, 0.25) is 0 Å². The van der Waals surface area contributed by atoms with Crippen molar-refractivity contribution < 1.29 is 42.5 Å². The van der Waals surface area contributed by atoms with E-state index in [2.05, 4.69) is 26.0 Å². The van der Waals surface area contributed by atoms with E-state index in [1.165, 1.54) is 95.5 Å². The van der Waals surface area contributed by atoms with E-state index in [0.717, 1.165) is 42.0 Å². The molecule has 5 heteroatoms. The summed E-state index contributed by atoms with van der Waals surface area (Å²) in [6, 6.07) is 9.52. The molecule has 0 saturated carbocycles. The standard InChI is InChI=1S/C30H48O3S.Na/c1-3-5-7-9-11-13-15-17-19-26-21-22-28-25-29(34(31,32)33)24-27(30(28)23-26)20-18-16-14-12-10-8-6-4-2;/h21-25H,3-20H2,1-2H3,(H,31,32,33);/q;+1/p-1.